The van der Waals surface area contributed by atoms with Crippen molar-refractivity contribution in [3.8, 4) is 5.75 Å². The number of ether oxygens (including phenoxy) is 1. The van der Waals surface area contributed by atoms with E-state index < -0.39 is 30.7 Å². The molecule has 0 saturated carbocycles. The molecule has 7 nitrogen and oxygen atoms in total. The highest BCUT2D eigenvalue weighted by Crippen LogP contribution is 2.27. The molecule has 0 aromatic heterocycles. The molecule has 0 atom stereocenters. The van der Waals surface area contributed by atoms with Crippen LogP contribution in [0.3, 0.4) is 0 Å². The number of carbonyl (C=O) groups excluding carboxylic acids is 3. The first-order valence-corrected chi connectivity index (χ1v) is 8.94. The van der Waals surface area contributed by atoms with E-state index >= 15 is 0 Å². The Labute approximate surface area is 163 Å². The molecule has 2 aromatic carbocycles. The van der Waals surface area contributed by atoms with Gasteiger partial charge in [0.25, 0.3) is 0 Å². The molecule has 0 saturated heterocycles. The summed E-state index contributed by atoms with van der Waals surface area (Å²) < 4.78 is 4.85. The molecule has 0 aliphatic heterocycles. The van der Waals surface area contributed by atoms with E-state index in [2.05, 4.69) is 0 Å². The number of hydrogen-bond donors (Lipinski definition) is 2. The van der Waals surface area contributed by atoms with Crippen LogP contribution in [0.25, 0.3) is 0 Å². The van der Waals surface area contributed by atoms with Gasteiger partial charge < -0.3 is 19.8 Å². The van der Waals surface area contributed by atoms with Crippen molar-refractivity contribution in [3.05, 3.63) is 59.2 Å². The Morgan fingerprint density at radius 1 is 0.964 bits per heavy atom. The fourth-order valence-electron chi connectivity index (χ4n) is 2.77. The quantitative estimate of drug-likeness (QED) is 0.504. The fraction of sp³-hybridized carbons (Fsp3) is 0.286. The lowest BCUT2D eigenvalue weighted by Gasteiger charge is -2.21. The van der Waals surface area contributed by atoms with Gasteiger partial charge in [-0.3, -0.25) is 9.59 Å². The highest BCUT2D eigenvalue weighted by Gasteiger charge is 2.22. The number of benzene rings is 2. The maximum Gasteiger partial charge on any atom is 0.339 e. The van der Waals surface area contributed by atoms with Crippen molar-refractivity contribution in [3.63, 3.8) is 0 Å². The van der Waals surface area contributed by atoms with Crippen molar-refractivity contribution in [2.75, 3.05) is 31.2 Å². The van der Waals surface area contributed by atoms with Gasteiger partial charge in [-0.2, -0.15) is 0 Å². The van der Waals surface area contributed by atoms with Crippen molar-refractivity contribution in [2.24, 2.45) is 0 Å². The maximum absolute atomic E-state index is 12.9. The second-order valence-electron chi connectivity index (χ2n) is 6.02. The second-order valence-corrected chi connectivity index (χ2v) is 6.02. The smallest absolute Gasteiger partial charge is 0.339 e. The number of esters is 1. The number of ketones is 2. The number of aromatic hydroxyl groups is 1. The zero-order chi connectivity index (χ0) is 20.7. The number of Topliss-reactive ketones (excluding diaryl/α,β-unsaturated/α-hetero) is 1. The van der Waals surface area contributed by atoms with Crippen molar-refractivity contribution in [1.82, 2.24) is 0 Å². The van der Waals surface area contributed by atoms with Crippen LogP contribution in [-0.2, 0) is 9.53 Å². The molecule has 0 spiro atoms. The number of nitrogens with zero attached hydrogens (tertiary/aromatic N) is 1. The average Bonchev–Trinajstić information content (AvgIpc) is 2.72. The van der Waals surface area contributed by atoms with Crippen molar-refractivity contribution < 1.29 is 29.3 Å². The number of rotatable bonds is 9. The predicted octanol–water partition coefficient (Wildman–Crippen LogP) is 2.19. The van der Waals surface area contributed by atoms with Gasteiger partial charge in [0.15, 0.2) is 18.2 Å². The van der Waals surface area contributed by atoms with E-state index in [9.17, 15) is 19.5 Å². The lowest BCUT2D eigenvalue weighted by atomic mass is 9.97. The molecular formula is C21H23NO6. The third kappa shape index (κ3) is 4.75. The van der Waals surface area contributed by atoms with E-state index in [1.54, 1.807) is 18.2 Å². The number of phenols is 1. The van der Waals surface area contributed by atoms with Gasteiger partial charge in [-0.05, 0) is 32.0 Å². The first-order valence-electron chi connectivity index (χ1n) is 8.94. The number of anilines is 1. The Bertz CT molecular complexity index is 873. The van der Waals surface area contributed by atoms with Crippen LogP contribution in [0.2, 0.25) is 0 Å². The molecule has 0 unspecified atom stereocenters. The van der Waals surface area contributed by atoms with Crippen LogP contribution in [-0.4, -0.2) is 54.1 Å². The minimum Gasteiger partial charge on any atom is -0.507 e. The zero-order valence-corrected chi connectivity index (χ0v) is 15.8. The van der Waals surface area contributed by atoms with E-state index in [0.29, 0.717) is 0 Å². The molecule has 148 valence electrons. The molecule has 0 radical (unpaired) electrons. The molecule has 0 aliphatic rings. The summed E-state index contributed by atoms with van der Waals surface area (Å²) in [7, 11) is 0. The van der Waals surface area contributed by atoms with Gasteiger partial charge in [-0.25, -0.2) is 4.79 Å². The van der Waals surface area contributed by atoms with E-state index in [4.69, 9.17) is 9.84 Å². The van der Waals surface area contributed by atoms with Crippen LogP contribution in [0.4, 0.5) is 5.69 Å². The molecule has 2 N–H and O–H groups in total. The van der Waals surface area contributed by atoms with Gasteiger partial charge in [0.1, 0.15) is 12.4 Å². The van der Waals surface area contributed by atoms with Gasteiger partial charge in [0.05, 0.1) is 11.1 Å². The lowest BCUT2D eigenvalue weighted by molar-refractivity contribution is -0.124. The molecule has 0 amide bonds. The van der Waals surface area contributed by atoms with Crippen LogP contribution >= 0.6 is 0 Å². The molecule has 2 aromatic rings. The lowest BCUT2D eigenvalue weighted by Crippen LogP contribution is -2.22. The molecule has 7 heteroatoms. The van der Waals surface area contributed by atoms with Gasteiger partial charge in [-0.15, -0.1) is 0 Å². The number of aliphatic hydroxyl groups is 1. The Morgan fingerprint density at radius 2 is 1.61 bits per heavy atom. The number of carbonyl (C=O) groups is 3. The SMILES string of the molecule is CCN(CC)c1ccc(C(=O)c2ccccc2C(=O)OCC(=O)CO)c(O)c1. The predicted molar refractivity (Wildman–Crippen MR) is 104 cm³/mol. The Morgan fingerprint density at radius 3 is 2.18 bits per heavy atom. The summed E-state index contributed by atoms with van der Waals surface area (Å²) in [5, 5.41) is 19.1. The summed E-state index contributed by atoms with van der Waals surface area (Å²) in [5.41, 5.74) is 0.872. The standard InChI is InChI=1S/C21H23NO6/c1-3-22(4-2)14-9-10-18(19(25)11-14)20(26)16-7-5-6-8-17(16)21(27)28-13-15(24)12-23/h5-11,23,25H,3-4,12-13H2,1-2H3. The summed E-state index contributed by atoms with van der Waals surface area (Å²) in [4.78, 5) is 38.3. The van der Waals surface area contributed by atoms with Crippen LogP contribution in [0.1, 0.15) is 40.1 Å². The van der Waals surface area contributed by atoms with E-state index in [1.165, 1.54) is 24.3 Å². The monoisotopic (exact) mass is 385 g/mol. The molecular weight excluding hydrogens is 362 g/mol. The summed E-state index contributed by atoms with van der Waals surface area (Å²) in [5.74, 6) is -2.23. The number of phenolic OH excluding ortho intramolecular Hbond substituents is 1. The van der Waals surface area contributed by atoms with Crippen molar-refractivity contribution >= 4 is 23.2 Å². The topological polar surface area (TPSA) is 104 Å². The molecule has 0 fully saturated rings. The minimum atomic E-state index is -0.856. The molecule has 0 heterocycles. The summed E-state index contributed by atoms with van der Waals surface area (Å²) in [6.07, 6.45) is 0. The second kappa shape index (κ2) is 9.66. The Kier molecular flexibility index (Phi) is 7.28. The molecule has 0 aliphatic carbocycles. The number of hydrogen-bond acceptors (Lipinski definition) is 7. The van der Waals surface area contributed by atoms with Crippen LogP contribution in [0.5, 0.6) is 5.75 Å². The largest absolute Gasteiger partial charge is 0.507 e. The Hall–Kier alpha value is -3.19. The van der Waals surface area contributed by atoms with Crippen LogP contribution in [0, 0.1) is 0 Å². The highest BCUT2D eigenvalue weighted by molar-refractivity contribution is 6.15. The zero-order valence-electron chi connectivity index (χ0n) is 15.8. The molecule has 0 bridgehead atoms. The van der Waals surface area contributed by atoms with Gasteiger partial charge in [-0.1, -0.05) is 18.2 Å². The van der Waals surface area contributed by atoms with E-state index in [1.807, 2.05) is 18.7 Å². The van der Waals surface area contributed by atoms with Gasteiger partial charge in [0, 0.05) is 30.4 Å². The Balaban J connectivity index is 2.32. The van der Waals surface area contributed by atoms with Gasteiger partial charge >= 0.3 is 5.97 Å². The summed E-state index contributed by atoms with van der Waals surface area (Å²) in [6.45, 7) is 4.17. The third-order valence-corrected chi connectivity index (χ3v) is 4.29. The minimum absolute atomic E-state index is 0.0227. The number of aliphatic hydroxyl groups excluding tert-OH is 1. The van der Waals surface area contributed by atoms with Crippen molar-refractivity contribution in [2.45, 2.75) is 13.8 Å². The van der Waals surface area contributed by atoms with Gasteiger partial charge in [0.2, 0.25) is 0 Å². The maximum atomic E-state index is 12.9. The van der Waals surface area contributed by atoms with Crippen LogP contribution < -0.4 is 4.90 Å². The summed E-state index contributed by atoms with van der Waals surface area (Å²) in [6, 6.07) is 10.8. The van der Waals surface area contributed by atoms with Crippen LogP contribution in [0.15, 0.2) is 42.5 Å². The fourth-order valence-corrected chi connectivity index (χ4v) is 2.77. The third-order valence-electron chi connectivity index (χ3n) is 4.29. The normalized spacial score (nSPS) is 10.4. The molecule has 2 rings (SSSR count). The first-order chi connectivity index (χ1) is 13.4. The average molecular weight is 385 g/mol. The van der Waals surface area contributed by atoms with E-state index in [-0.39, 0.29) is 22.4 Å². The highest BCUT2D eigenvalue weighted by atomic mass is 16.5. The van der Waals surface area contributed by atoms with Crippen molar-refractivity contribution in [1.29, 1.82) is 0 Å². The molecule has 28 heavy (non-hydrogen) atoms. The first kappa shape index (κ1) is 21.1. The van der Waals surface area contributed by atoms with E-state index in [0.717, 1.165) is 18.8 Å². The summed E-state index contributed by atoms with van der Waals surface area (Å²) >= 11 is 0.